The standard InChI is InChI=1S/C22H25NO3/c1-4-5-13-25-18-11-12-20-19(14-18)21(16(3)26-20)22(24)23-15(2)17-9-7-6-8-10-17/h6-12,14-15H,4-5,13H2,1-3H3,(H,23,24)/t15-/m0/s1. The van der Waals surface area contributed by atoms with Gasteiger partial charge >= 0.3 is 0 Å². The van der Waals surface area contributed by atoms with Gasteiger partial charge in [-0.15, -0.1) is 0 Å². The first-order valence-electron chi connectivity index (χ1n) is 9.12. The van der Waals surface area contributed by atoms with Crippen LogP contribution in [-0.4, -0.2) is 12.5 Å². The fraction of sp³-hybridized carbons (Fsp3) is 0.318. The van der Waals surface area contributed by atoms with Crippen molar-refractivity contribution in [3.05, 3.63) is 65.4 Å². The normalized spacial score (nSPS) is 12.1. The van der Waals surface area contributed by atoms with Crippen LogP contribution in [0.1, 0.15) is 54.4 Å². The van der Waals surface area contributed by atoms with Crippen molar-refractivity contribution >= 4 is 16.9 Å². The van der Waals surface area contributed by atoms with Gasteiger partial charge in [-0.2, -0.15) is 0 Å². The first-order chi connectivity index (χ1) is 12.6. The summed E-state index contributed by atoms with van der Waals surface area (Å²) in [4.78, 5) is 12.9. The van der Waals surface area contributed by atoms with Crippen LogP contribution >= 0.6 is 0 Å². The number of unbranched alkanes of at least 4 members (excludes halogenated alkanes) is 1. The summed E-state index contributed by atoms with van der Waals surface area (Å²) in [6.45, 7) is 6.59. The Balaban J connectivity index is 1.84. The molecule has 0 saturated heterocycles. The molecular weight excluding hydrogens is 326 g/mol. The minimum atomic E-state index is -0.136. The summed E-state index contributed by atoms with van der Waals surface area (Å²) >= 11 is 0. The van der Waals surface area contributed by atoms with Gasteiger partial charge in [0.15, 0.2) is 0 Å². The van der Waals surface area contributed by atoms with Gasteiger partial charge in [-0.1, -0.05) is 43.7 Å². The first kappa shape index (κ1) is 18.1. The van der Waals surface area contributed by atoms with Gasteiger partial charge in [0.1, 0.15) is 17.1 Å². The highest BCUT2D eigenvalue weighted by Crippen LogP contribution is 2.29. The zero-order valence-corrected chi connectivity index (χ0v) is 15.5. The molecule has 0 aliphatic carbocycles. The first-order valence-corrected chi connectivity index (χ1v) is 9.12. The third kappa shape index (κ3) is 3.90. The number of rotatable bonds is 7. The van der Waals surface area contributed by atoms with Crippen molar-refractivity contribution in [1.82, 2.24) is 5.32 Å². The predicted molar refractivity (Wildman–Crippen MR) is 104 cm³/mol. The van der Waals surface area contributed by atoms with E-state index in [0.29, 0.717) is 23.5 Å². The van der Waals surface area contributed by atoms with Crippen molar-refractivity contribution in [3.8, 4) is 5.75 Å². The highest BCUT2D eigenvalue weighted by Gasteiger charge is 2.20. The maximum absolute atomic E-state index is 12.9. The Labute approximate surface area is 154 Å². The molecule has 0 saturated carbocycles. The van der Waals surface area contributed by atoms with Gasteiger partial charge in [0, 0.05) is 5.39 Å². The van der Waals surface area contributed by atoms with Crippen LogP contribution in [0.2, 0.25) is 0 Å². The van der Waals surface area contributed by atoms with Crippen molar-refractivity contribution in [2.45, 2.75) is 39.7 Å². The van der Waals surface area contributed by atoms with Crippen molar-refractivity contribution in [2.75, 3.05) is 6.61 Å². The monoisotopic (exact) mass is 351 g/mol. The van der Waals surface area contributed by atoms with Gasteiger partial charge in [0.05, 0.1) is 18.2 Å². The number of aryl methyl sites for hydroxylation is 1. The minimum Gasteiger partial charge on any atom is -0.494 e. The van der Waals surface area contributed by atoms with Gasteiger partial charge < -0.3 is 14.5 Å². The van der Waals surface area contributed by atoms with Gasteiger partial charge in [-0.25, -0.2) is 0 Å². The number of nitrogens with one attached hydrogen (secondary N) is 1. The quantitative estimate of drug-likeness (QED) is 0.579. The van der Waals surface area contributed by atoms with E-state index < -0.39 is 0 Å². The average Bonchev–Trinajstić information content (AvgIpc) is 2.97. The van der Waals surface area contributed by atoms with E-state index in [1.54, 1.807) is 0 Å². The lowest BCUT2D eigenvalue weighted by Crippen LogP contribution is -2.26. The highest BCUT2D eigenvalue weighted by molar-refractivity contribution is 6.07. The van der Waals surface area contributed by atoms with Crippen LogP contribution in [0.15, 0.2) is 52.9 Å². The molecule has 0 aliphatic rings. The van der Waals surface area contributed by atoms with E-state index in [4.69, 9.17) is 9.15 Å². The van der Waals surface area contributed by atoms with Crippen LogP contribution in [0.5, 0.6) is 5.75 Å². The number of benzene rings is 2. The predicted octanol–water partition coefficient (Wildman–Crippen LogP) is 5.41. The molecule has 4 nitrogen and oxygen atoms in total. The number of carbonyl (C=O) groups excluding carboxylic acids is 1. The third-order valence-corrected chi connectivity index (χ3v) is 4.48. The number of hydrogen-bond donors (Lipinski definition) is 1. The van der Waals surface area contributed by atoms with Crippen LogP contribution in [-0.2, 0) is 0 Å². The third-order valence-electron chi connectivity index (χ3n) is 4.48. The Morgan fingerprint density at radius 2 is 1.96 bits per heavy atom. The molecule has 4 heteroatoms. The summed E-state index contributed by atoms with van der Waals surface area (Å²) in [7, 11) is 0. The van der Waals surface area contributed by atoms with Crippen molar-refractivity contribution < 1.29 is 13.9 Å². The molecule has 1 N–H and O–H groups in total. The minimum absolute atomic E-state index is 0.0861. The summed E-state index contributed by atoms with van der Waals surface area (Å²) in [6.07, 6.45) is 2.09. The number of hydrogen-bond acceptors (Lipinski definition) is 3. The Morgan fingerprint density at radius 3 is 2.69 bits per heavy atom. The van der Waals surface area contributed by atoms with Crippen LogP contribution in [0.4, 0.5) is 0 Å². The van der Waals surface area contributed by atoms with Gasteiger partial charge in [-0.3, -0.25) is 4.79 Å². The Hall–Kier alpha value is -2.75. The van der Waals surface area contributed by atoms with E-state index in [1.807, 2.05) is 62.4 Å². The van der Waals surface area contributed by atoms with Gasteiger partial charge in [0.25, 0.3) is 5.91 Å². The molecule has 0 aliphatic heterocycles. The molecule has 3 aromatic rings. The molecule has 0 fully saturated rings. The number of ether oxygens (including phenoxy) is 1. The van der Waals surface area contributed by atoms with Crippen LogP contribution in [0.25, 0.3) is 11.0 Å². The summed E-state index contributed by atoms with van der Waals surface area (Å²) in [5.74, 6) is 1.24. The molecule has 26 heavy (non-hydrogen) atoms. The van der Waals surface area contributed by atoms with Crippen LogP contribution in [0, 0.1) is 6.92 Å². The lowest BCUT2D eigenvalue weighted by Gasteiger charge is -2.14. The molecule has 0 unspecified atom stereocenters. The van der Waals surface area contributed by atoms with E-state index in [0.717, 1.165) is 29.5 Å². The van der Waals surface area contributed by atoms with Crippen molar-refractivity contribution in [3.63, 3.8) is 0 Å². The van der Waals surface area contributed by atoms with Gasteiger partial charge in [-0.05, 0) is 44.0 Å². The van der Waals surface area contributed by atoms with E-state index in [-0.39, 0.29) is 11.9 Å². The molecule has 3 rings (SSSR count). The second-order valence-electron chi connectivity index (χ2n) is 6.50. The summed E-state index contributed by atoms with van der Waals surface area (Å²) in [5.41, 5.74) is 2.33. The lowest BCUT2D eigenvalue weighted by molar-refractivity contribution is 0.0940. The average molecular weight is 351 g/mol. The molecule has 1 heterocycles. The fourth-order valence-corrected chi connectivity index (χ4v) is 3.00. The molecular formula is C22H25NO3. The largest absolute Gasteiger partial charge is 0.494 e. The number of fused-ring (bicyclic) bond motifs is 1. The molecule has 1 aromatic heterocycles. The molecule has 2 aromatic carbocycles. The Bertz CT molecular complexity index is 883. The van der Waals surface area contributed by atoms with Crippen LogP contribution in [0.3, 0.4) is 0 Å². The topological polar surface area (TPSA) is 51.5 Å². The number of furan rings is 1. The van der Waals surface area contributed by atoms with Crippen molar-refractivity contribution in [1.29, 1.82) is 0 Å². The highest BCUT2D eigenvalue weighted by atomic mass is 16.5. The molecule has 0 bridgehead atoms. The van der Waals surface area contributed by atoms with E-state index >= 15 is 0 Å². The second kappa shape index (κ2) is 8.09. The van der Waals surface area contributed by atoms with Gasteiger partial charge in [0.2, 0.25) is 0 Å². The summed E-state index contributed by atoms with van der Waals surface area (Å²) < 4.78 is 11.5. The number of carbonyl (C=O) groups is 1. The fourth-order valence-electron chi connectivity index (χ4n) is 3.00. The van der Waals surface area contributed by atoms with Crippen LogP contribution < -0.4 is 10.1 Å². The zero-order valence-electron chi connectivity index (χ0n) is 15.5. The Morgan fingerprint density at radius 1 is 1.19 bits per heavy atom. The molecule has 136 valence electrons. The lowest BCUT2D eigenvalue weighted by atomic mass is 10.1. The van der Waals surface area contributed by atoms with E-state index in [9.17, 15) is 4.79 Å². The van der Waals surface area contributed by atoms with E-state index in [2.05, 4.69) is 12.2 Å². The number of amides is 1. The molecule has 0 radical (unpaired) electrons. The SMILES string of the molecule is CCCCOc1ccc2oc(C)c(C(=O)N[C@@H](C)c3ccccc3)c2c1. The van der Waals surface area contributed by atoms with Crippen molar-refractivity contribution in [2.24, 2.45) is 0 Å². The van der Waals surface area contributed by atoms with E-state index in [1.165, 1.54) is 0 Å². The zero-order chi connectivity index (χ0) is 18.5. The molecule has 0 spiro atoms. The molecule has 1 amide bonds. The molecule has 1 atom stereocenters. The summed E-state index contributed by atoms with van der Waals surface area (Å²) in [6, 6.07) is 15.5. The summed E-state index contributed by atoms with van der Waals surface area (Å²) in [5, 5.41) is 3.85. The second-order valence-corrected chi connectivity index (χ2v) is 6.50. The maximum atomic E-state index is 12.9. The smallest absolute Gasteiger partial charge is 0.255 e. The Kier molecular flexibility index (Phi) is 5.61. The maximum Gasteiger partial charge on any atom is 0.255 e.